The fraction of sp³-hybridized carbons (Fsp3) is 0.261. The molecule has 1 heterocycles. The van der Waals surface area contributed by atoms with Crippen LogP contribution >= 0.6 is 0 Å². The van der Waals surface area contributed by atoms with Crippen molar-refractivity contribution in [1.82, 2.24) is 4.57 Å². The van der Waals surface area contributed by atoms with Gasteiger partial charge in [-0.25, -0.2) is 4.79 Å². The van der Waals surface area contributed by atoms with E-state index in [2.05, 4.69) is 23.6 Å². The van der Waals surface area contributed by atoms with Gasteiger partial charge in [-0.1, -0.05) is 24.3 Å². The maximum atomic E-state index is 12.8. The molecule has 150 valence electrons. The number of aryl methyl sites for hydroxylation is 1. The molecule has 0 unspecified atom stereocenters. The smallest absolute Gasteiger partial charge is 0.340 e. The summed E-state index contributed by atoms with van der Waals surface area (Å²) in [6.45, 7) is 8.61. The number of hydrogen-bond donors (Lipinski definition) is 0. The fourth-order valence-corrected chi connectivity index (χ4v) is 3.63. The van der Waals surface area contributed by atoms with E-state index in [1.165, 1.54) is 23.3 Å². The van der Waals surface area contributed by atoms with Gasteiger partial charge in [-0.2, -0.15) is 0 Å². The molecule has 0 bridgehead atoms. The van der Waals surface area contributed by atoms with Crippen LogP contribution in [0, 0.1) is 30.9 Å². The number of nitro groups is 1. The number of rotatable bonds is 6. The summed E-state index contributed by atoms with van der Waals surface area (Å²) >= 11 is 0. The van der Waals surface area contributed by atoms with Crippen LogP contribution in [0.3, 0.4) is 0 Å². The number of benzene rings is 2. The molecular formula is C23H24N2O4. The Balaban J connectivity index is 2.17. The second-order valence-corrected chi connectivity index (χ2v) is 6.96. The number of carbonyl (C=O) groups excluding carboxylic acids is 1. The van der Waals surface area contributed by atoms with Crippen molar-refractivity contribution in [3.63, 3.8) is 0 Å². The van der Waals surface area contributed by atoms with Gasteiger partial charge in [0.05, 0.1) is 17.1 Å². The van der Waals surface area contributed by atoms with Crippen LogP contribution in [-0.2, 0) is 11.3 Å². The molecule has 0 atom stereocenters. The average Bonchev–Trinajstić information content (AvgIpc) is 2.94. The summed E-state index contributed by atoms with van der Waals surface area (Å²) in [7, 11) is 0. The Hall–Kier alpha value is -3.41. The Morgan fingerprint density at radius 2 is 1.69 bits per heavy atom. The van der Waals surface area contributed by atoms with Gasteiger partial charge in [0, 0.05) is 35.6 Å². The summed E-state index contributed by atoms with van der Waals surface area (Å²) in [6.07, 6.45) is 0. The van der Waals surface area contributed by atoms with Crippen LogP contribution in [0.2, 0.25) is 0 Å². The molecule has 0 aliphatic heterocycles. The van der Waals surface area contributed by atoms with E-state index in [-0.39, 0.29) is 18.3 Å². The Morgan fingerprint density at radius 3 is 2.28 bits per heavy atom. The third-order valence-corrected chi connectivity index (χ3v) is 5.22. The molecule has 2 aromatic carbocycles. The first-order valence-electron chi connectivity index (χ1n) is 9.51. The predicted octanol–water partition coefficient (Wildman–Crippen LogP) is 5.21. The summed E-state index contributed by atoms with van der Waals surface area (Å²) in [4.78, 5) is 23.3. The van der Waals surface area contributed by atoms with Gasteiger partial charge in [0.25, 0.3) is 5.69 Å². The van der Waals surface area contributed by atoms with E-state index in [4.69, 9.17) is 4.74 Å². The van der Waals surface area contributed by atoms with Gasteiger partial charge in [0.2, 0.25) is 0 Å². The van der Waals surface area contributed by atoms with Crippen molar-refractivity contribution in [1.29, 1.82) is 0 Å². The highest BCUT2D eigenvalue weighted by molar-refractivity contribution is 6.00. The average molecular weight is 392 g/mol. The van der Waals surface area contributed by atoms with E-state index in [9.17, 15) is 14.9 Å². The number of aromatic nitrogens is 1. The van der Waals surface area contributed by atoms with Gasteiger partial charge in [-0.3, -0.25) is 10.1 Å². The summed E-state index contributed by atoms with van der Waals surface area (Å²) in [6, 6.07) is 14.4. The van der Waals surface area contributed by atoms with E-state index < -0.39 is 4.92 Å². The van der Waals surface area contributed by atoms with Crippen LogP contribution < -0.4 is 0 Å². The highest BCUT2D eigenvalue weighted by Crippen LogP contribution is 2.34. The monoisotopic (exact) mass is 392 g/mol. The molecule has 1 aromatic heterocycles. The van der Waals surface area contributed by atoms with Crippen molar-refractivity contribution in [2.75, 3.05) is 6.61 Å². The number of nitro benzene ring substituents is 1. The Morgan fingerprint density at radius 1 is 1.03 bits per heavy atom. The number of non-ortho nitro benzene ring substituents is 1. The number of esters is 1. The number of hydrogen-bond acceptors (Lipinski definition) is 4. The quantitative estimate of drug-likeness (QED) is 0.328. The van der Waals surface area contributed by atoms with Crippen molar-refractivity contribution < 1.29 is 14.5 Å². The van der Waals surface area contributed by atoms with Gasteiger partial charge in [-0.15, -0.1) is 0 Å². The van der Waals surface area contributed by atoms with Crippen LogP contribution in [0.15, 0.2) is 48.5 Å². The molecular weight excluding hydrogens is 368 g/mol. The first-order valence-corrected chi connectivity index (χ1v) is 9.51. The third-order valence-electron chi connectivity index (χ3n) is 5.22. The van der Waals surface area contributed by atoms with Gasteiger partial charge in [0.15, 0.2) is 0 Å². The normalized spacial score (nSPS) is 10.8. The molecule has 0 radical (unpaired) electrons. The van der Waals surface area contributed by atoms with E-state index in [1.54, 1.807) is 19.1 Å². The van der Waals surface area contributed by atoms with Crippen LogP contribution in [-0.4, -0.2) is 22.1 Å². The summed E-state index contributed by atoms with van der Waals surface area (Å²) < 4.78 is 7.42. The third kappa shape index (κ3) is 3.92. The summed E-state index contributed by atoms with van der Waals surface area (Å²) in [5, 5.41) is 11.0. The van der Waals surface area contributed by atoms with Crippen molar-refractivity contribution in [3.8, 4) is 11.1 Å². The van der Waals surface area contributed by atoms with Crippen LogP contribution in [0.4, 0.5) is 5.69 Å². The topological polar surface area (TPSA) is 74.4 Å². The maximum Gasteiger partial charge on any atom is 0.340 e. The van der Waals surface area contributed by atoms with Gasteiger partial charge >= 0.3 is 5.97 Å². The molecule has 0 amide bonds. The minimum Gasteiger partial charge on any atom is -0.462 e. The highest BCUT2D eigenvalue weighted by Gasteiger charge is 2.25. The number of nitrogens with zero attached hydrogens (tertiary/aromatic N) is 2. The van der Waals surface area contributed by atoms with Gasteiger partial charge in [0.1, 0.15) is 0 Å². The zero-order chi connectivity index (χ0) is 21.1. The van der Waals surface area contributed by atoms with Gasteiger partial charge in [-0.05, 0) is 56.5 Å². The lowest BCUT2D eigenvalue weighted by Gasteiger charge is -2.12. The second-order valence-electron chi connectivity index (χ2n) is 6.96. The van der Waals surface area contributed by atoms with Crippen LogP contribution in [0.25, 0.3) is 11.1 Å². The molecule has 0 N–H and O–H groups in total. The minimum atomic E-state index is -0.433. The van der Waals surface area contributed by atoms with E-state index in [0.717, 1.165) is 22.5 Å². The van der Waals surface area contributed by atoms with Crippen molar-refractivity contribution in [3.05, 3.63) is 86.7 Å². The zero-order valence-corrected chi connectivity index (χ0v) is 17.1. The highest BCUT2D eigenvalue weighted by atomic mass is 16.6. The van der Waals surface area contributed by atoms with Crippen LogP contribution in [0.1, 0.15) is 39.8 Å². The summed E-state index contributed by atoms with van der Waals surface area (Å²) in [5.41, 5.74) is 6.10. The van der Waals surface area contributed by atoms with Crippen LogP contribution in [0.5, 0.6) is 0 Å². The molecule has 6 nitrogen and oxygen atoms in total. The molecule has 0 fully saturated rings. The summed E-state index contributed by atoms with van der Waals surface area (Å²) in [5.74, 6) is -0.384. The molecule has 0 saturated heterocycles. The lowest BCUT2D eigenvalue weighted by molar-refractivity contribution is -0.384. The SMILES string of the molecule is CCOC(=O)c1c(-c2ccc([N+](=O)[O-])cc2)c(C)n(Cc2ccccc2C)c1C. The molecule has 0 spiro atoms. The van der Waals surface area contributed by atoms with Crippen molar-refractivity contribution in [2.24, 2.45) is 0 Å². The van der Waals surface area contributed by atoms with E-state index >= 15 is 0 Å². The molecule has 0 aliphatic rings. The molecule has 0 saturated carbocycles. The standard InChI is InChI=1S/C23H24N2O4/c1-5-29-23(26)22-17(4)24(14-19-9-7-6-8-15(19)2)16(3)21(22)18-10-12-20(13-11-18)25(27)28/h6-13H,5,14H2,1-4H3. The Bertz CT molecular complexity index is 1070. The molecule has 29 heavy (non-hydrogen) atoms. The van der Waals surface area contributed by atoms with E-state index in [1.807, 2.05) is 26.0 Å². The molecule has 3 aromatic rings. The maximum absolute atomic E-state index is 12.8. The molecule has 3 rings (SSSR count). The lowest BCUT2D eigenvalue weighted by atomic mass is 10.0. The minimum absolute atomic E-state index is 0.0140. The Kier molecular flexibility index (Phi) is 5.82. The Labute approximate surface area is 169 Å². The number of ether oxygens (including phenoxy) is 1. The first kappa shape index (κ1) is 20.3. The molecule has 6 heteroatoms. The molecule has 0 aliphatic carbocycles. The number of carbonyl (C=O) groups is 1. The fourth-order valence-electron chi connectivity index (χ4n) is 3.63. The first-order chi connectivity index (χ1) is 13.8. The predicted molar refractivity (Wildman–Crippen MR) is 112 cm³/mol. The zero-order valence-electron chi connectivity index (χ0n) is 17.1. The van der Waals surface area contributed by atoms with Crippen molar-refractivity contribution >= 4 is 11.7 Å². The van der Waals surface area contributed by atoms with Gasteiger partial charge < -0.3 is 9.30 Å². The van der Waals surface area contributed by atoms with Crippen molar-refractivity contribution in [2.45, 2.75) is 34.2 Å². The largest absolute Gasteiger partial charge is 0.462 e. The lowest BCUT2D eigenvalue weighted by Crippen LogP contribution is -2.09. The second kappa shape index (κ2) is 8.31. The van der Waals surface area contributed by atoms with E-state index in [0.29, 0.717) is 12.1 Å².